The second kappa shape index (κ2) is 33.3. The molecule has 0 aliphatic heterocycles. The third-order valence-electron chi connectivity index (χ3n) is 8.96. The first-order chi connectivity index (χ1) is 22.4. The number of ether oxygens (including phenoxy) is 2. The molecular weight excluding hydrogens is 570 g/mol. The van der Waals surface area contributed by atoms with Gasteiger partial charge < -0.3 is 9.47 Å². The van der Waals surface area contributed by atoms with Crippen LogP contribution in [0.1, 0.15) is 207 Å². The lowest BCUT2D eigenvalue weighted by molar-refractivity contribution is -0.280. The summed E-state index contributed by atoms with van der Waals surface area (Å²) in [5, 5.41) is 0. The van der Waals surface area contributed by atoms with Gasteiger partial charge in [-0.1, -0.05) is 148 Å². The van der Waals surface area contributed by atoms with E-state index in [2.05, 4.69) is 38.2 Å². The smallest absolute Gasteiger partial charge is 0.319 e. The van der Waals surface area contributed by atoms with E-state index >= 15 is 0 Å². The zero-order valence-electron chi connectivity index (χ0n) is 31.4. The number of hydrogen-bond acceptors (Lipinski definition) is 5. The van der Waals surface area contributed by atoms with Gasteiger partial charge in [-0.2, -0.15) is 0 Å². The molecule has 0 saturated heterocycles. The quantitative estimate of drug-likeness (QED) is 0.0301. The van der Waals surface area contributed by atoms with Crippen molar-refractivity contribution < 1.29 is 19.1 Å². The summed E-state index contributed by atoms with van der Waals surface area (Å²) in [6.45, 7) is 6.42. The van der Waals surface area contributed by atoms with Gasteiger partial charge in [-0.3, -0.25) is 9.59 Å². The number of nitrogens with zero attached hydrogens (tertiary/aromatic N) is 1. The monoisotopic (exact) mass is 648 g/mol. The molecule has 0 radical (unpaired) electrons. The van der Waals surface area contributed by atoms with Crippen LogP contribution in [0.3, 0.4) is 0 Å². The van der Waals surface area contributed by atoms with Crippen molar-refractivity contribution in [3.8, 4) is 0 Å². The number of unbranched alkanes of at least 4 members (excludes halogenated alkanes) is 22. The fourth-order valence-corrected chi connectivity index (χ4v) is 5.80. The molecule has 0 aliphatic rings. The van der Waals surface area contributed by atoms with E-state index in [0.29, 0.717) is 19.3 Å². The lowest BCUT2D eigenvalue weighted by Gasteiger charge is -2.36. The summed E-state index contributed by atoms with van der Waals surface area (Å²) < 4.78 is 11.6. The number of esters is 2. The van der Waals surface area contributed by atoms with Crippen LogP contribution < -0.4 is 0 Å². The van der Waals surface area contributed by atoms with Crippen molar-refractivity contribution in [2.75, 3.05) is 14.1 Å². The largest absolute Gasteiger partial charge is 0.408 e. The highest BCUT2D eigenvalue weighted by Crippen LogP contribution is 2.24. The van der Waals surface area contributed by atoms with Crippen LogP contribution in [0.5, 0.6) is 0 Å². The first-order valence-corrected chi connectivity index (χ1v) is 19.8. The summed E-state index contributed by atoms with van der Waals surface area (Å²) in [5.74, 6) is -1.90. The second-order valence-electron chi connectivity index (χ2n) is 13.6. The topological polar surface area (TPSA) is 55.8 Å². The molecule has 0 heterocycles. The molecule has 46 heavy (non-hydrogen) atoms. The van der Waals surface area contributed by atoms with Crippen molar-refractivity contribution in [3.05, 3.63) is 24.3 Å². The minimum absolute atomic E-state index is 0.290. The Labute approximate surface area is 286 Å². The average molecular weight is 648 g/mol. The fourth-order valence-electron chi connectivity index (χ4n) is 5.80. The summed E-state index contributed by atoms with van der Waals surface area (Å²) in [6.07, 6.45) is 42.3. The molecule has 5 heteroatoms. The Morgan fingerprint density at radius 2 is 0.739 bits per heavy atom. The minimum atomic E-state index is -1.32. The van der Waals surface area contributed by atoms with Gasteiger partial charge in [0.2, 0.25) is 0 Å². The van der Waals surface area contributed by atoms with E-state index in [9.17, 15) is 9.59 Å². The molecule has 0 aromatic heterocycles. The van der Waals surface area contributed by atoms with E-state index in [1.807, 2.05) is 6.92 Å². The van der Waals surface area contributed by atoms with Gasteiger partial charge in [0.1, 0.15) is 0 Å². The fraction of sp³-hybridized carbons (Fsp3) is 0.854. The summed E-state index contributed by atoms with van der Waals surface area (Å²) in [7, 11) is 3.60. The molecule has 0 aromatic rings. The van der Waals surface area contributed by atoms with Crippen molar-refractivity contribution in [1.29, 1.82) is 0 Å². The van der Waals surface area contributed by atoms with Crippen molar-refractivity contribution in [2.45, 2.75) is 213 Å². The van der Waals surface area contributed by atoms with Crippen LogP contribution in [0.2, 0.25) is 0 Å². The standard InChI is InChI=1S/C41H77NO4/c1-6-9-11-13-15-17-19-21-23-25-27-29-31-33-35-37-39(43)45-41(8-3,42(4)5)46-40(44)38-36-34-32-30-28-26-24-22-20-18-16-14-12-10-7-2/h21-24H,6-20,25-38H2,1-5H3/b23-21-,24-22-. The van der Waals surface area contributed by atoms with E-state index in [0.717, 1.165) is 51.4 Å². The molecule has 0 N–H and O–H groups in total. The Morgan fingerprint density at radius 1 is 0.457 bits per heavy atom. The molecule has 5 nitrogen and oxygen atoms in total. The first kappa shape index (κ1) is 44.4. The molecule has 0 atom stereocenters. The molecule has 0 aromatic carbocycles. The molecule has 0 unspecified atom stereocenters. The Bertz CT molecular complexity index is 691. The average Bonchev–Trinajstić information content (AvgIpc) is 3.04. The van der Waals surface area contributed by atoms with Gasteiger partial charge in [0.05, 0.1) is 0 Å². The highest BCUT2D eigenvalue weighted by molar-refractivity contribution is 5.72. The van der Waals surface area contributed by atoms with E-state index in [4.69, 9.17) is 9.47 Å². The van der Waals surface area contributed by atoms with Gasteiger partial charge in [0, 0.05) is 19.3 Å². The zero-order valence-corrected chi connectivity index (χ0v) is 31.4. The van der Waals surface area contributed by atoms with Crippen LogP contribution in [0.15, 0.2) is 24.3 Å². The maximum atomic E-state index is 12.7. The van der Waals surface area contributed by atoms with E-state index in [-0.39, 0.29) is 11.9 Å². The highest BCUT2D eigenvalue weighted by Gasteiger charge is 2.39. The third-order valence-corrected chi connectivity index (χ3v) is 8.96. The van der Waals surface area contributed by atoms with Gasteiger partial charge in [-0.15, -0.1) is 0 Å². The van der Waals surface area contributed by atoms with Crippen LogP contribution in [0.25, 0.3) is 0 Å². The number of allylic oxidation sites excluding steroid dienone is 4. The first-order valence-electron chi connectivity index (χ1n) is 19.8. The van der Waals surface area contributed by atoms with Crippen LogP contribution >= 0.6 is 0 Å². The molecule has 0 saturated carbocycles. The van der Waals surface area contributed by atoms with Crippen LogP contribution in [-0.4, -0.2) is 36.8 Å². The summed E-state index contributed by atoms with van der Waals surface area (Å²) >= 11 is 0. The van der Waals surface area contributed by atoms with Crippen molar-refractivity contribution in [2.24, 2.45) is 0 Å². The molecule has 0 amide bonds. The second-order valence-corrected chi connectivity index (χ2v) is 13.6. The Balaban J connectivity index is 3.98. The van der Waals surface area contributed by atoms with Crippen molar-refractivity contribution >= 4 is 11.9 Å². The predicted octanol–water partition coefficient (Wildman–Crippen LogP) is 12.8. The van der Waals surface area contributed by atoms with Gasteiger partial charge in [-0.25, -0.2) is 4.90 Å². The molecular formula is C41H77NO4. The Hall–Kier alpha value is -1.62. The highest BCUT2D eigenvalue weighted by atomic mass is 16.8. The molecule has 0 rings (SSSR count). The minimum Gasteiger partial charge on any atom is -0.408 e. The van der Waals surface area contributed by atoms with E-state index < -0.39 is 5.91 Å². The van der Waals surface area contributed by atoms with Gasteiger partial charge >= 0.3 is 17.8 Å². The molecule has 0 aliphatic carbocycles. The number of hydrogen-bond donors (Lipinski definition) is 0. The molecule has 0 fully saturated rings. The lowest BCUT2D eigenvalue weighted by Crippen LogP contribution is -2.51. The summed E-state index contributed by atoms with van der Waals surface area (Å²) in [4.78, 5) is 27.1. The third kappa shape index (κ3) is 27.5. The van der Waals surface area contributed by atoms with Gasteiger partial charge in [0.15, 0.2) is 0 Å². The predicted molar refractivity (Wildman–Crippen MR) is 198 cm³/mol. The summed E-state index contributed by atoms with van der Waals surface area (Å²) in [6, 6.07) is 0. The molecule has 270 valence electrons. The van der Waals surface area contributed by atoms with Crippen LogP contribution in [0.4, 0.5) is 0 Å². The summed E-state index contributed by atoms with van der Waals surface area (Å²) in [5.41, 5.74) is 0. The van der Waals surface area contributed by atoms with Gasteiger partial charge in [0.25, 0.3) is 0 Å². The number of carbonyl (C=O) groups excluding carboxylic acids is 2. The van der Waals surface area contributed by atoms with Crippen LogP contribution in [0, 0.1) is 0 Å². The van der Waals surface area contributed by atoms with E-state index in [1.165, 1.54) is 116 Å². The number of carbonyl (C=O) groups is 2. The van der Waals surface area contributed by atoms with Crippen molar-refractivity contribution in [1.82, 2.24) is 4.90 Å². The SMILES string of the molecule is CCCCCCCC/C=C\CCCCCCCC(=O)OC(CC)(OC(=O)CCCCCCC/C=C\CCCCCCCC)N(C)C. The maximum absolute atomic E-state index is 12.7. The Morgan fingerprint density at radius 3 is 1.02 bits per heavy atom. The number of rotatable bonds is 34. The molecule has 0 bridgehead atoms. The zero-order chi connectivity index (χ0) is 34.0. The maximum Gasteiger partial charge on any atom is 0.319 e. The Kier molecular flexibility index (Phi) is 32.1. The normalized spacial score (nSPS) is 12.1. The lowest BCUT2D eigenvalue weighted by atomic mass is 10.1. The van der Waals surface area contributed by atoms with Crippen LogP contribution in [-0.2, 0) is 19.1 Å². The molecule has 0 spiro atoms. The van der Waals surface area contributed by atoms with Gasteiger partial charge in [-0.05, 0) is 78.3 Å². The van der Waals surface area contributed by atoms with Crippen molar-refractivity contribution in [3.63, 3.8) is 0 Å². The van der Waals surface area contributed by atoms with E-state index in [1.54, 1.807) is 19.0 Å².